The molecule has 1 aromatic carbocycles. The maximum atomic E-state index is 9.00. The molecule has 0 amide bonds. The largest absolute Gasteiger partial charge is 0.481 e. The molecule has 2 nitrogen and oxygen atoms in total. The molecule has 0 spiro atoms. The van der Waals surface area contributed by atoms with Crippen LogP contribution < -0.4 is 0 Å². The monoisotopic (exact) mass is 208 g/mol. The van der Waals surface area contributed by atoms with Crippen molar-refractivity contribution in [3.05, 3.63) is 35.4 Å². The van der Waals surface area contributed by atoms with Gasteiger partial charge in [-0.25, -0.2) is 0 Å². The molecule has 0 heterocycles. The number of carboxylic acid groups (broad SMARTS) is 1. The number of hydrogen-bond donors (Lipinski definition) is 1. The van der Waals surface area contributed by atoms with Gasteiger partial charge in [-0.2, -0.15) is 0 Å². The SMILES string of the molecule is CC(=O)O.Cc1cccc(CC(C)C)c1. The van der Waals surface area contributed by atoms with E-state index in [1.807, 2.05) is 0 Å². The highest BCUT2D eigenvalue weighted by molar-refractivity contribution is 5.62. The second kappa shape index (κ2) is 7.04. The fourth-order valence-corrected chi connectivity index (χ4v) is 1.31. The Bertz CT molecular complexity index is 299. The van der Waals surface area contributed by atoms with E-state index in [1.165, 1.54) is 17.5 Å². The van der Waals surface area contributed by atoms with Gasteiger partial charge in [-0.15, -0.1) is 0 Å². The molecule has 0 fully saturated rings. The molecule has 84 valence electrons. The minimum atomic E-state index is -0.833. The van der Waals surface area contributed by atoms with Crippen LogP contribution in [0, 0.1) is 12.8 Å². The lowest BCUT2D eigenvalue weighted by molar-refractivity contribution is -0.134. The van der Waals surface area contributed by atoms with Gasteiger partial charge in [0, 0.05) is 6.92 Å². The summed E-state index contributed by atoms with van der Waals surface area (Å²) >= 11 is 0. The summed E-state index contributed by atoms with van der Waals surface area (Å²) in [5.41, 5.74) is 2.82. The molecule has 0 aliphatic carbocycles. The van der Waals surface area contributed by atoms with Crippen LogP contribution in [-0.2, 0) is 11.2 Å². The van der Waals surface area contributed by atoms with Crippen molar-refractivity contribution in [1.82, 2.24) is 0 Å². The van der Waals surface area contributed by atoms with Crippen LogP contribution in [0.2, 0.25) is 0 Å². The van der Waals surface area contributed by atoms with Crippen molar-refractivity contribution < 1.29 is 9.90 Å². The average molecular weight is 208 g/mol. The Morgan fingerprint density at radius 1 is 1.40 bits per heavy atom. The van der Waals surface area contributed by atoms with Crippen LogP contribution in [0.3, 0.4) is 0 Å². The predicted molar refractivity (Wildman–Crippen MR) is 63.0 cm³/mol. The summed E-state index contributed by atoms with van der Waals surface area (Å²) in [6, 6.07) is 8.74. The van der Waals surface area contributed by atoms with Crippen LogP contribution in [0.15, 0.2) is 24.3 Å². The quantitative estimate of drug-likeness (QED) is 0.809. The van der Waals surface area contributed by atoms with Crippen LogP contribution in [0.1, 0.15) is 31.9 Å². The van der Waals surface area contributed by atoms with Crippen molar-refractivity contribution >= 4 is 5.97 Å². The zero-order chi connectivity index (χ0) is 11.8. The fraction of sp³-hybridized carbons (Fsp3) is 0.462. The molecule has 1 N–H and O–H groups in total. The molecular formula is C13H20O2. The fourth-order valence-electron chi connectivity index (χ4n) is 1.31. The zero-order valence-corrected chi connectivity index (χ0v) is 9.95. The van der Waals surface area contributed by atoms with Crippen molar-refractivity contribution in [3.63, 3.8) is 0 Å². The van der Waals surface area contributed by atoms with E-state index in [4.69, 9.17) is 9.90 Å². The van der Waals surface area contributed by atoms with Crippen molar-refractivity contribution in [2.24, 2.45) is 5.92 Å². The first-order valence-electron chi connectivity index (χ1n) is 5.17. The zero-order valence-electron chi connectivity index (χ0n) is 9.95. The first-order chi connectivity index (χ1) is 6.91. The predicted octanol–water partition coefficient (Wildman–Crippen LogP) is 3.28. The molecule has 0 saturated carbocycles. The van der Waals surface area contributed by atoms with Gasteiger partial charge < -0.3 is 5.11 Å². The van der Waals surface area contributed by atoms with Gasteiger partial charge in [-0.05, 0) is 24.8 Å². The van der Waals surface area contributed by atoms with Crippen LogP contribution >= 0.6 is 0 Å². The van der Waals surface area contributed by atoms with E-state index in [-0.39, 0.29) is 0 Å². The molecule has 0 bridgehead atoms. The molecule has 0 aliphatic rings. The second-order valence-electron chi connectivity index (χ2n) is 4.11. The van der Waals surface area contributed by atoms with Gasteiger partial charge in [0.25, 0.3) is 5.97 Å². The van der Waals surface area contributed by atoms with E-state index in [0.29, 0.717) is 0 Å². The van der Waals surface area contributed by atoms with Crippen LogP contribution in [0.4, 0.5) is 0 Å². The Balaban J connectivity index is 0.000000423. The van der Waals surface area contributed by atoms with Gasteiger partial charge in [0.05, 0.1) is 0 Å². The van der Waals surface area contributed by atoms with E-state index in [9.17, 15) is 0 Å². The summed E-state index contributed by atoms with van der Waals surface area (Å²) in [6.45, 7) is 7.73. The molecule has 0 radical (unpaired) electrons. The van der Waals surface area contributed by atoms with Gasteiger partial charge in [0.1, 0.15) is 0 Å². The van der Waals surface area contributed by atoms with Crippen molar-refractivity contribution in [2.45, 2.75) is 34.1 Å². The molecule has 0 aliphatic heterocycles. The molecule has 0 unspecified atom stereocenters. The number of carbonyl (C=O) groups is 1. The maximum absolute atomic E-state index is 9.00. The van der Waals surface area contributed by atoms with Crippen LogP contribution in [-0.4, -0.2) is 11.1 Å². The van der Waals surface area contributed by atoms with Crippen molar-refractivity contribution in [2.75, 3.05) is 0 Å². The van der Waals surface area contributed by atoms with E-state index in [0.717, 1.165) is 12.8 Å². The molecular weight excluding hydrogens is 188 g/mol. The number of aryl methyl sites for hydroxylation is 1. The number of carboxylic acids is 1. The van der Waals surface area contributed by atoms with Gasteiger partial charge in [-0.1, -0.05) is 43.7 Å². The summed E-state index contributed by atoms with van der Waals surface area (Å²) in [5, 5.41) is 7.42. The van der Waals surface area contributed by atoms with E-state index in [1.54, 1.807) is 0 Å². The Morgan fingerprint density at radius 3 is 2.33 bits per heavy atom. The minimum Gasteiger partial charge on any atom is -0.481 e. The average Bonchev–Trinajstić information content (AvgIpc) is 2.00. The molecule has 0 atom stereocenters. The topological polar surface area (TPSA) is 37.3 Å². The third-order valence-corrected chi connectivity index (χ3v) is 1.73. The van der Waals surface area contributed by atoms with E-state index >= 15 is 0 Å². The van der Waals surface area contributed by atoms with Crippen molar-refractivity contribution in [3.8, 4) is 0 Å². The summed E-state index contributed by atoms with van der Waals surface area (Å²) in [6.07, 6.45) is 1.20. The molecule has 0 saturated heterocycles. The third-order valence-electron chi connectivity index (χ3n) is 1.73. The van der Waals surface area contributed by atoms with Crippen LogP contribution in [0.25, 0.3) is 0 Å². The minimum absolute atomic E-state index is 0.761. The van der Waals surface area contributed by atoms with Crippen LogP contribution in [0.5, 0.6) is 0 Å². The Morgan fingerprint density at radius 2 is 1.93 bits per heavy atom. The molecule has 1 rings (SSSR count). The maximum Gasteiger partial charge on any atom is 0.300 e. The third kappa shape index (κ3) is 9.01. The van der Waals surface area contributed by atoms with Crippen molar-refractivity contribution in [1.29, 1.82) is 0 Å². The standard InChI is InChI=1S/C11H16.C2H4O2/c1-9(2)7-11-6-4-5-10(3)8-11;1-2(3)4/h4-6,8-9H,7H2,1-3H3;1H3,(H,3,4). The summed E-state index contributed by atoms with van der Waals surface area (Å²) < 4.78 is 0. The normalized spacial score (nSPS) is 9.40. The summed E-state index contributed by atoms with van der Waals surface area (Å²) in [4.78, 5) is 9.00. The lowest BCUT2D eigenvalue weighted by Crippen LogP contribution is -1.93. The lowest BCUT2D eigenvalue weighted by Gasteiger charge is -2.04. The van der Waals surface area contributed by atoms with E-state index < -0.39 is 5.97 Å². The number of rotatable bonds is 2. The first-order valence-corrected chi connectivity index (χ1v) is 5.17. The molecule has 1 aromatic rings. The first kappa shape index (κ1) is 13.7. The Labute approximate surface area is 91.9 Å². The van der Waals surface area contributed by atoms with E-state index in [2.05, 4.69) is 45.0 Å². The van der Waals surface area contributed by atoms with Gasteiger partial charge in [0.2, 0.25) is 0 Å². The number of aliphatic carboxylic acids is 1. The molecule has 0 aromatic heterocycles. The molecule has 15 heavy (non-hydrogen) atoms. The smallest absolute Gasteiger partial charge is 0.300 e. The Kier molecular flexibility index (Phi) is 6.43. The Hall–Kier alpha value is -1.31. The van der Waals surface area contributed by atoms with Gasteiger partial charge in [-0.3, -0.25) is 4.79 Å². The molecule has 2 heteroatoms. The summed E-state index contributed by atoms with van der Waals surface area (Å²) in [5.74, 6) is -0.0724. The lowest BCUT2D eigenvalue weighted by atomic mass is 10.0. The summed E-state index contributed by atoms with van der Waals surface area (Å²) in [7, 11) is 0. The van der Waals surface area contributed by atoms with Gasteiger partial charge >= 0.3 is 0 Å². The number of hydrogen-bond acceptors (Lipinski definition) is 1. The highest BCUT2D eigenvalue weighted by atomic mass is 16.4. The highest BCUT2D eigenvalue weighted by Gasteiger charge is 1.96. The highest BCUT2D eigenvalue weighted by Crippen LogP contribution is 2.09. The van der Waals surface area contributed by atoms with Gasteiger partial charge in [0.15, 0.2) is 0 Å². The second-order valence-corrected chi connectivity index (χ2v) is 4.11. The number of benzene rings is 1.